The number of aliphatic hydroxyl groups is 1. The molecule has 6 rings (SSSR count). The molecule has 6 unspecified atom stereocenters. The molecule has 1 amide bonds. The number of Topliss-reactive ketones (excluding diaryl/α,β-unsaturated/α-hetero) is 4. The maximum Gasteiger partial charge on any atom is 0.235 e. The lowest BCUT2D eigenvalue weighted by molar-refractivity contribution is -0.181. The van der Waals surface area contributed by atoms with Gasteiger partial charge >= 0.3 is 0 Å². The molecule has 1 aromatic carbocycles. The topological polar surface area (TPSA) is 170 Å². The number of primary amides is 1. The lowest BCUT2D eigenvalue weighted by atomic mass is 9.52. The minimum atomic E-state index is -2.74. The molecule has 2 aromatic rings. The largest absolute Gasteiger partial charge is 0.505 e. The van der Waals surface area contributed by atoms with Crippen LogP contribution in [-0.2, 0) is 25.6 Å². The zero-order valence-corrected chi connectivity index (χ0v) is 25.1. The average Bonchev–Trinajstić information content (AvgIpc) is 3.48. The number of rotatable bonds is 5. The Morgan fingerprint density at radius 1 is 1.16 bits per heavy atom. The van der Waals surface area contributed by atoms with Crippen LogP contribution in [0.1, 0.15) is 35.2 Å². The van der Waals surface area contributed by atoms with Gasteiger partial charge < -0.3 is 26.2 Å². The maximum absolute atomic E-state index is 14.3. The van der Waals surface area contributed by atoms with Crippen LogP contribution in [0.3, 0.4) is 0 Å². The molecule has 11 nitrogen and oxygen atoms in total. The summed E-state index contributed by atoms with van der Waals surface area (Å²) in [4.78, 5) is 71.3. The number of anilines is 1. The van der Waals surface area contributed by atoms with E-state index in [4.69, 9.17) is 5.73 Å². The van der Waals surface area contributed by atoms with Gasteiger partial charge in [0, 0.05) is 12.0 Å². The van der Waals surface area contributed by atoms with Gasteiger partial charge in [0.25, 0.3) is 0 Å². The number of carbonyl (C=O) groups is 5. The highest BCUT2D eigenvalue weighted by Gasteiger charge is 2.69. The van der Waals surface area contributed by atoms with Gasteiger partial charge in [-0.25, -0.2) is 0 Å². The summed E-state index contributed by atoms with van der Waals surface area (Å²) in [5, 5.41) is 30.7. The van der Waals surface area contributed by atoms with Crippen molar-refractivity contribution in [3.05, 3.63) is 34.0 Å². The number of thiophene rings is 1. The highest BCUT2D eigenvalue weighted by Crippen LogP contribution is 2.53. The van der Waals surface area contributed by atoms with Gasteiger partial charge in [0.2, 0.25) is 5.91 Å². The van der Waals surface area contributed by atoms with Crippen LogP contribution in [0.15, 0.2) is 22.9 Å². The second-order valence-electron chi connectivity index (χ2n) is 12.7. The molecule has 3 aliphatic carbocycles. The van der Waals surface area contributed by atoms with Gasteiger partial charge in [0.05, 0.1) is 23.2 Å². The number of carbonyl (C=O) groups excluding carboxylic acids is 5. The molecule has 6 atom stereocenters. The SMILES string of the molecule is CN1CCC(Nc2cc(-c3ccsc3)c3c(c2O)C(=O)C2C(=O)C4(O)C(=O)C(C(N)=O)C(=O)C(N(C)C)C4CC2C3)CC1. The van der Waals surface area contributed by atoms with Gasteiger partial charge in [-0.2, -0.15) is 11.3 Å². The molecule has 2 saturated carbocycles. The van der Waals surface area contributed by atoms with Crippen molar-refractivity contribution in [2.24, 2.45) is 29.4 Å². The smallest absolute Gasteiger partial charge is 0.235 e. The number of phenolic OH excluding ortho intramolecular Hbond substituents is 1. The number of hydrogen-bond acceptors (Lipinski definition) is 11. The molecule has 1 saturated heterocycles. The monoisotopic (exact) mass is 608 g/mol. The van der Waals surface area contributed by atoms with Gasteiger partial charge in [0.1, 0.15) is 5.75 Å². The number of aromatic hydroxyl groups is 1. The van der Waals surface area contributed by atoms with E-state index in [9.17, 15) is 34.2 Å². The van der Waals surface area contributed by atoms with Crippen molar-refractivity contribution in [3.63, 3.8) is 0 Å². The van der Waals surface area contributed by atoms with E-state index in [1.54, 1.807) is 14.1 Å². The Kier molecular flexibility index (Phi) is 7.31. The number of nitrogens with one attached hydrogen (secondary N) is 1. The number of amides is 1. The molecule has 0 bridgehead atoms. The van der Waals surface area contributed by atoms with Crippen LogP contribution in [0, 0.1) is 23.7 Å². The molecule has 0 spiro atoms. The van der Waals surface area contributed by atoms with E-state index in [2.05, 4.69) is 17.3 Å². The van der Waals surface area contributed by atoms with Gasteiger partial charge in [-0.05, 0) is 105 Å². The van der Waals surface area contributed by atoms with Gasteiger partial charge in [-0.1, -0.05) is 0 Å². The molecule has 228 valence electrons. The predicted molar refractivity (Wildman–Crippen MR) is 159 cm³/mol. The second kappa shape index (κ2) is 10.6. The Balaban J connectivity index is 1.46. The molecule has 43 heavy (non-hydrogen) atoms. The van der Waals surface area contributed by atoms with Crippen LogP contribution in [-0.4, -0.2) is 101 Å². The van der Waals surface area contributed by atoms with E-state index in [0.717, 1.165) is 37.1 Å². The highest BCUT2D eigenvalue weighted by atomic mass is 32.1. The lowest BCUT2D eigenvalue weighted by Crippen LogP contribution is -2.74. The summed E-state index contributed by atoms with van der Waals surface area (Å²) in [5.74, 6) is -10.5. The van der Waals surface area contributed by atoms with Gasteiger partial charge in [0.15, 0.2) is 34.7 Å². The number of likely N-dealkylation sites (N-methyl/N-ethyl adjacent to an activating group) is 1. The Hall–Kier alpha value is -3.45. The van der Waals surface area contributed by atoms with Crippen LogP contribution in [0.25, 0.3) is 11.1 Å². The number of hydrogen-bond donors (Lipinski definition) is 4. The highest BCUT2D eigenvalue weighted by molar-refractivity contribution is 7.08. The summed E-state index contributed by atoms with van der Waals surface area (Å²) < 4.78 is 0. The summed E-state index contributed by atoms with van der Waals surface area (Å²) in [6, 6.07) is 2.73. The first kappa shape index (κ1) is 29.6. The first-order valence-electron chi connectivity index (χ1n) is 14.6. The van der Waals surface area contributed by atoms with Gasteiger partial charge in [-0.15, -0.1) is 0 Å². The molecule has 5 N–H and O–H groups in total. The van der Waals surface area contributed by atoms with Crippen molar-refractivity contribution >= 4 is 46.1 Å². The normalized spacial score (nSPS) is 31.5. The molecule has 2 heterocycles. The van der Waals surface area contributed by atoms with Crippen molar-refractivity contribution in [3.8, 4) is 16.9 Å². The van der Waals surface area contributed by atoms with Crippen molar-refractivity contribution in [2.45, 2.75) is 43.4 Å². The van der Waals surface area contributed by atoms with Crippen LogP contribution in [0.4, 0.5) is 5.69 Å². The third kappa shape index (κ3) is 4.45. The Bertz CT molecular complexity index is 1530. The van der Waals surface area contributed by atoms with E-state index in [-0.39, 0.29) is 30.2 Å². The minimum Gasteiger partial charge on any atom is -0.505 e. The van der Waals surface area contributed by atoms with Gasteiger partial charge in [-0.3, -0.25) is 28.9 Å². The molecule has 0 radical (unpaired) electrons. The van der Waals surface area contributed by atoms with Crippen molar-refractivity contribution in [1.82, 2.24) is 9.80 Å². The molecule has 1 aromatic heterocycles. The molecule has 12 heteroatoms. The number of likely N-dealkylation sites (tertiary alicyclic amines) is 1. The van der Waals surface area contributed by atoms with Crippen LogP contribution in [0.2, 0.25) is 0 Å². The number of fused-ring (bicyclic) bond motifs is 3. The summed E-state index contributed by atoms with van der Waals surface area (Å²) in [7, 11) is 5.19. The fraction of sp³-hybridized carbons (Fsp3) is 0.516. The van der Waals surface area contributed by atoms with E-state index in [1.807, 2.05) is 22.9 Å². The van der Waals surface area contributed by atoms with Crippen LogP contribution in [0.5, 0.6) is 5.75 Å². The Labute approximate surface area is 253 Å². The molecular formula is C31H36N4O7S. The van der Waals surface area contributed by atoms with Crippen molar-refractivity contribution < 1.29 is 34.2 Å². The Morgan fingerprint density at radius 2 is 1.86 bits per heavy atom. The summed E-state index contributed by atoms with van der Waals surface area (Å²) in [6.07, 6.45) is 1.94. The number of phenols is 1. The van der Waals surface area contributed by atoms with E-state index >= 15 is 0 Å². The minimum absolute atomic E-state index is 0.00530. The molecular weight excluding hydrogens is 572 g/mol. The van der Waals surface area contributed by atoms with E-state index in [1.165, 1.54) is 16.2 Å². The molecule has 3 fully saturated rings. The number of nitrogens with two attached hydrogens (primary N) is 1. The summed E-state index contributed by atoms with van der Waals surface area (Å²) in [6.45, 7) is 1.77. The lowest BCUT2D eigenvalue weighted by Gasteiger charge is -2.52. The molecule has 4 aliphatic rings. The van der Waals surface area contributed by atoms with E-state index < -0.39 is 64.4 Å². The third-order valence-electron chi connectivity index (χ3n) is 9.97. The Morgan fingerprint density at radius 3 is 2.47 bits per heavy atom. The number of piperidine rings is 1. The quantitative estimate of drug-likeness (QED) is 0.285. The number of benzene rings is 1. The average molecular weight is 609 g/mol. The van der Waals surface area contributed by atoms with Crippen LogP contribution >= 0.6 is 11.3 Å². The fourth-order valence-corrected chi connectivity index (χ4v) is 8.49. The number of ketones is 4. The van der Waals surface area contributed by atoms with Crippen molar-refractivity contribution in [1.29, 1.82) is 0 Å². The zero-order valence-electron chi connectivity index (χ0n) is 24.3. The fourth-order valence-electron chi connectivity index (χ4n) is 7.83. The van der Waals surface area contributed by atoms with Crippen molar-refractivity contribution in [2.75, 3.05) is 39.5 Å². The first-order valence-corrected chi connectivity index (χ1v) is 15.5. The molecule has 1 aliphatic heterocycles. The zero-order chi connectivity index (χ0) is 31.0. The van der Waals surface area contributed by atoms with Crippen LogP contribution < -0.4 is 11.1 Å². The van der Waals surface area contributed by atoms with E-state index in [0.29, 0.717) is 11.3 Å². The third-order valence-corrected chi connectivity index (χ3v) is 10.7. The second-order valence-corrected chi connectivity index (χ2v) is 13.5. The standard InChI is InChI=1S/C31H36N4O7S/c1-34(2)24-19-11-15-10-18-17(14-6-9-43-13-14)12-20(33-16-4-7-35(3)8-5-16)25(36)22(18)26(37)21(15)28(39)31(19,42)29(40)23(27(24)38)30(32)41/h6,9,12-13,15-16,19,21,23-24,33,36,42H,4-5,7-8,10-11H2,1-3H3,(H2,32,41). The summed E-state index contributed by atoms with van der Waals surface area (Å²) >= 11 is 1.50. The predicted octanol–water partition coefficient (Wildman–Crippen LogP) is 1.10. The number of nitrogens with zero attached hydrogens (tertiary/aromatic N) is 2. The summed E-state index contributed by atoms with van der Waals surface area (Å²) in [5.41, 5.74) is 5.30. The maximum atomic E-state index is 14.3. The first-order chi connectivity index (χ1) is 20.4.